The summed E-state index contributed by atoms with van der Waals surface area (Å²) in [7, 11) is 0. The van der Waals surface area contributed by atoms with Crippen LogP contribution in [0.2, 0.25) is 0 Å². The summed E-state index contributed by atoms with van der Waals surface area (Å²) in [5.74, 6) is -3.01. The van der Waals surface area contributed by atoms with Gasteiger partial charge in [-0.2, -0.15) is 0 Å². The second kappa shape index (κ2) is 9.51. The third-order valence-electron chi connectivity index (χ3n) is 3.56. The van der Waals surface area contributed by atoms with Gasteiger partial charge in [-0.25, -0.2) is 8.78 Å². The molecule has 1 fully saturated rings. The van der Waals surface area contributed by atoms with Crippen molar-refractivity contribution in [2.45, 2.75) is 25.0 Å². The van der Waals surface area contributed by atoms with E-state index in [4.69, 9.17) is 10.5 Å². The van der Waals surface area contributed by atoms with Gasteiger partial charge in [0.25, 0.3) is 5.91 Å². The number of hydrogen-bond donors (Lipinski definition) is 3. The normalized spacial score (nSPS) is 19.5. The van der Waals surface area contributed by atoms with Gasteiger partial charge >= 0.3 is 0 Å². The number of amides is 2. The maximum absolute atomic E-state index is 13.4. The van der Waals surface area contributed by atoms with Crippen LogP contribution in [0.4, 0.5) is 8.78 Å². The molecule has 0 bridgehead atoms. The van der Waals surface area contributed by atoms with E-state index in [-0.39, 0.29) is 37.5 Å². The minimum Gasteiger partial charge on any atom is -0.364 e. The first-order valence-electron chi connectivity index (χ1n) is 7.38. The lowest BCUT2D eigenvalue weighted by Crippen LogP contribution is -2.40. The molecule has 134 valence electrons. The number of benzene rings is 1. The molecule has 0 aliphatic carbocycles. The van der Waals surface area contributed by atoms with Crippen molar-refractivity contribution in [3.8, 4) is 0 Å². The summed E-state index contributed by atoms with van der Waals surface area (Å²) in [6, 6.07) is 3.19. The first-order chi connectivity index (χ1) is 11.0. The minimum absolute atomic E-state index is 0. The number of nitrogens with one attached hydrogen (secondary N) is 2. The maximum Gasteiger partial charge on any atom is 0.257 e. The summed E-state index contributed by atoms with van der Waals surface area (Å²) in [5, 5.41) is 4.95. The standard InChI is InChI=1S/C15H19F2N3O3.ClH/c16-10-2-1-3-11(17)13(10)15(22)20-7-6-19-14(21)12-5-4-9(8-18)23-12;/h1-3,9,12H,4-8,18H2,(H,19,21)(H,20,22);1H/t9-,12+;/m1./s1. The van der Waals surface area contributed by atoms with Gasteiger partial charge in [-0.15, -0.1) is 12.4 Å². The van der Waals surface area contributed by atoms with E-state index < -0.39 is 29.2 Å². The summed E-state index contributed by atoms with van der Waals surface area (Å²) < 4.78 is 32.3. The average molecular weight is 364 g/mol. The minimum atomic E-state index is -0.932. The van der Waals surface area contributed by atoms with Crippen molar-refractivity contribution < 1.29 is 23.1 Å². The SMILES string of the molecule is Cl.NC[C@H]1CC[C@@H](C(=O)NCCNC(=O)c2c(F)cccc2F)O1. The van der Waals surface area contributed by atoms with Gasteiger partial charge in [-0.05, 0) is 25.0 Å². The predicted octanol–water partition coefficient (Wildman–Crippen LogP) is 0.739. The smallest absolute Gasteiger partial charge is 0.257 e. The molecule has 6 nitrogen and oxygen atoms in total. The van der Waals surface area contributed by atoms with Crippen LogP contribution < -0.4 is 16.4 Å². The van der Waals surface area contributed by atoms with Gasteiger partial charge in [0.2, 0.25) is 5.91 Å². The van der Waals surface area contributed by atoms with Crippen LogP contribution >= 0.6 is 12.4 Å². The van der Waals surface area contributed by atoms with Crippen LogP contribution in [0.25, 0.3) is 0 Å². The molecule has 0 radical (unpaired) electrons. The number of carbonyl (C=O) groups is 2. The number of hydrogen-bond acceptors (Lipinski definition) is 4. The van der Waals surface area contributed by atoms with Crippen LogP contribution in [0, 0.1) is 11.6 Å². The third-order valence-corrected chi connectivity index (χ3v) is 3.56. The van der Waals surface area contributed by atoms with Crippen LogP contribution in [-0.2, 0) is 9.53 Å². The van der Waals surface area contributed by atoms with Gasteiger partial charge in [-0.1, -0.05) is 6.07 Å². The maximum atomic E-state index is 13.4. The highest BCUT2D eigenvalue weighted by atomic mass is 35.5. The first-order valence-corrected chi connectivity index (χ1v) is 7.38. The second-order valence-corrected chi connectivity index (χ2v) is 5.20. The zero-order valence-corrected chi connectivity index (χ0v) is 13.7. The van der Waals surface area contributed by atoms with Crippen LogP contribution in [-0.4, -0.2) is 43.7 Å². The van der Waals surface area contributed by atoms with Crippen molar-refractivity contribution in [3.63, 3.8) is 0 Å². The van der Waals surface area contributed by atoms with Gasteiger partial charge in [0.15, 0.2) is 0 Å². The Bertz CT molecular complexity index is 569. The van der Waals surface area contributed by atoms with E-state index >= 15 is 0 Å². The Kier molecular flexibility index (Phi) is 8.03. The monoisotopic (exact) mass is 363 g/mol. The number of carbonyl (C=O) groups excluding carboxylic acids is 2. The van der Waals surface area contributed by atoms with E-state index in [0.29, 0.717) is 13.0 Å². The largest absolute Gasteiger partial charge is 0.364 e. The molecule has 0 unspecified atom stereocenters. The fraction of sp³-hybridized carbons (Fsp3) is 0.467. The summed E-state index contributed by atoms with van der Waals surface area (Å²) in [5.41, 5.74) is 4.83. The Morgan fingerprint density at radius 1 is 1.17 bits per heavy atom. The van der Waals surface area contributed by atoms with Crippen molar-refractivity contribution in [2.24, 2.45) is 5.73 Å². The molecule has 1 heterocycles. The Labute approximate surface area is 144 Å². The van der Waals surface area contributed by atoms with Crippen molar-refractivity contribution >= 4 is 24.2 Å². The van der Waals surface area contributed by atoms with Gasteiger partial charge in [-0.3, -0.25) is 9.59 Å². The Hall–Kier alpha value is -1.77. The molecule has 1 aliphatic rings. The van der Waals surface area contributed by atoms with Gasteiger partial charge in [0.05, 0.1) is 6.10 Å². The molecule has 9 heteroatoms. The molecule has 4 N–H and O–H groups in total. The highest BCUT2D eigenvalue weighted by Crippen LogP contribution is 2.18. The Morgan fingerprint density at radius 2 is 1.79 bits per heavy atom. The van der Waals surface area contributed by atoms with Crippen molar-refractivity contribution in [2.75, 3.05) is 19.6 Å². The highest BCUT2D eigenvalue weighted by Gasteiger charge is 2.29. The summed E-state index contributed by atoms with van der Waals surface area (Å²) >= 11 is 0. The lowest BCUT2D eigenvalue weighted by Gasteiger charge is -2.13. The number of ether oxygens (including phenoxy) is 1. The van der Waals surface area contributed by atoms with E-state index in [9.17, 15) is 18.4 Å². The number of rotatable bonds is 6. The summed E-state index contributed by atoms with van der Waals surface area (Å²) in [6.45, 7) is 0.549. The quantitative estimate of drug-likeness (QED) is 0.650. The van der Waals surface area contributed by atoms with Crippen LogP contribution in [0.15, 0.2) is 18.2 Å². The van der Waals surface area contributed by atoms with Crippen molar-refractivity contribution in [3.05, 3.63) is 35.4 Å². The molecule has 0 saturated carbocycles. The molecule has 24 heavy (non-hydrogen) atoms. The lowest BCUT2D eigenvalue weighted by molar-refractivity contribution is -0.131. The first kappa shape index (κ1) is 20.3. The Balaban J connectivity index is 0.00000288. The fourth-order valence-corrected chi connectivity index (χ4v) is 2.35. The molecule has 1 aliphatic heterocycles. The topological polar surface area (TPSA) is 93.5 Å². The van der Waals surface area contributed by atoms with Gasteiger partial charge in [0.1, 0.15) is 23.3 Å². The molecule has 1 aromatic rings. The van der Waals surface area contributed by atoms with Gasteiger partial charge < -0.3 is 21.1 Å². The van der Waals surface area contributed by atoms with E-state index in [1.165, 1.54) is 6.07 Å². The average Bonchev–Trinajstić information content (AvgIpc) is 3.00. The molecule has 2 atom stereocenters. The van der Waals surface area contributed by atoms with E-state index in [2.05, 4.69) is 10.6 Å². The summed E-state index contributed by atoms with van der Waals surface area (Å²) in [4.78, 5) is 23.5. The van der Waals surface area contributed by atoms with E-state index in [1.807, 2.05) is 0 Å². The van der Waals surface area contributed by atoms with Crippen molar-refractivity contribution in [1.82, 2.24) is 10.6 Å². The lowest BCUT2D eigenvalue weighted by atomic mass is 10.2. The number of nitrogens with two attached hydrogens (primary N) is 1. The fourth-order valence-electron chi connectivity index (χ4n) is 2.35. The predicted molar refractivity (Wildman–Crippen MR) is 85.9 cm³/mol. The molecular weight excluding hydrogens is 344 g/mol. The zero-order chi connectivity index (χ0) is 16.8. The third kappa shape index (κ3) is 5.12. The van der Waals surface area contributed by atoms with E-state index in [1.54, 1.807) is 0 Å². The molecule has 2 rings (SSSR count). The van der Waals surface area contributed by atoms with Crippen LogP contribution in [0.3, 0.4) is 0 Å². The molecule has 2 amide bonds. The van der Waals surface area contributed by atoms with Gasteiger partial charge in [0, 0.05) is 19.6 Å². The molecule has 1 aromatic carbocycles. The van der Waals surface area contributed by atoms with Crippen LogP contribution in [0.1, 0.15) is 23.2 Å². The zero-order valence-electron chi connectivity index (χ0n) is 12.9. The highest BCUT2D eigenvalue weighted by molar-refractivity contribution is 5.94. The molecule has 0 spiro atoms. The van der Waals surface area contributed by atoms with Crippen LogP contribution in [0.5, 0.6) is 0 Å². The molecule has 0 aromatic heterocycles. The Morgan fingerprint density at radius 3 is 2.38 bits per heavy atom. The summed E-state index contributed by atoms with van der Waals surface area (Å²) in [6.07, 6.45) is 0.691. The molecule has 1 saturated heterocycles. The number of halogens is 3. The van der Waals surface area contributed by atoms with Crippen molar-refractivity contribution in [1.29, 1.82) is 0 Å². The molecular formula is C15H20ClF2N3O3. The second-order valence-electron chi connectivity index (χ2n) is 5.20. The van der Waals surface area contributed by atoms with E-state index in [0.717, 1.165) is 18.6 Å².